The van der Waals surface area contributed by atoms with Gasteiger partial charge in [0.2, 0.25) is 0 Å². The van der Waals surface area contributed by atoms with E-state index in [4.69, 9.17) is 4.52 Å². The Balaban J connectivity index is 1.67. The number of hydrogen-bond donors (Lipinski definition) is 1. The van der Waals surface area contributed by atoms with E-state index in [0.29, 0.717) is 21.2 Å². The molecule has 0 aromatic heterocycles. The van der Waals surface area contributed by atoms with E-state index in [1.165, 1.54) is 6.07 Å². The second-order valence-corrected chi connectivity index (χ2v) is 13.3. The van der Waals surface area contributed by atoms with Crippen molar-refractivity contribution in [1.82, 2.24) is 0 Å². The monoisotopic (exact) mass is 510 g/mol. The van der Waals surface area contributed by atoms with Crippen LogP contribution in [0, 0.1) is 0 Å². The molecule has 0 bridgehead atoms. The lowest BCUT2D eigenvalue weighted by Crippen LogP contribution is -2.25. The van der Waals surface area contributed by atoms with Gasteiger partial charge in [-0.1, -0.05) is 97.1 Å². The maximum Gasteiger partial charge on any atom is 0.306 e. The van der Waals surface area contributed by atoms with Crippen LogP contribution in [0.1, 0.15) is 0 Å². The van der Waals surface area contributed by atoms with Crippen molar-refractivity contribution in [2.45, 2.75) is 0 Å². The molecule has 5 aromatic carbocycles. The van der Waals surface area contributed by atoms with Gasteiger partial charge in [0.1, 0.15) is 11.5 Å². The van der Waals surface area contributed by atoms with Crippen molar-refractivity contribution in [3.63, 3.8) is 0 Å². The Morgan fingerprint density at radius 2 is 0.889 bits per heavy atom. The highest BCUT2D eigenvalue weighted by Crippen LogP contribution is 2.49. The summed E-state index contributed by atoms with van der Waals surface area (Å²) in [6.45, 7) is 0. The number of phenols is 1. The SMILES string of the molecule is O=P(Oc1ccc(O)c(P(=O)(c2ccccc2)c2ccccc2)c1)(c1ccccc1)c1ccccc1. The highest BCUT2D eigenvalue weighted by Gasteiger charge is 2.34. The number of benzene rings is 5. The van der Waals surface area contributed by atoms with E-state index in [1.807, 2.05) is 72.8 Å². The molecule has 5 rings (SSSR count). The molecule has 6 heteroatoms. The predicted molar refractivity (Wildman–Crippen MR) is 148 cm³/mol. The molecule has 0 saturated heterocycles. The molecule has 0 radical (unpaired) electrons. The summed E-state index contributed by atoms with van der Waals surface area (Å²) in [7, 11) is -7.02. The van der Waals surface area contributed by atoms with E-state index in [9.17, 15) is 14.2 Å². The summed E-state index contributed by atoms with van der Waals surface area (Å²) < 4.78 is 35.5. The molecule has 0 heterocycles. The predicted octanol–water partition coefficient (Wildman–Crippen LogP) is 5.34. The van der Waals surface area contributed by atoms with Gasteiger partial charge < -0.3 is 14.2 Å². The normalized spacial score (nSPS) is 11.7. The fourth-order valence-corrected chi connectivity index (χ4v) is 8.96. The second kappa shape index (κ2) is 10.0. The summed E-state index contributed by atoms with van der Waals surface area (Å²) >= 11 is 0. The molecule has 36 heavy (non-hydrogen) atoms. The van der Waals surface area contributed by atoms with Crippen LogP contribution >= 0.6 is 14.5 Å². The first-order chi connectivity index (χ1) is 17.5. The minimum atomic E-state index is -3.55. The van der Waals surface area contributed by atoms with Crippen LogP contribution in [0.4, 0.5) is 0 Å². The molecule has 178 valence electrons. The molecule has 0 aliphatic carbocycles. The molecular weight excluding hydrogens is 486 g/mol. The molecule has 4 nitrogen and oxygen atoms in total. The van der Waals surface area contributed by atoms with Gasteiger partial charge >= 0.3 is 7.37 Å². The van der Waals surface area contributed by atoms with Gasteiger partial charge in [-0.15, -0.1) is 0 Å². The first-order valence-electron chi connectivity index (χ1n) is 11.5. The molecule has 0 atom stereocenters. The Labute approximate surface area is 210 Å². The first-order valence-corrected chi connectivity index (χ1v) is 14.8. The van der Waals surface area contributed by atoms with Crippen LogP contribution in [0.15, 0.2) is 140 Å². The number of hydrogen-bond acceptors (Lipinski definition) is 4. The zero-order chi connectivity index (χ0) is 25.0. The highest BCUT2D eigenvalue weighted by molar-refractivity contribution is 7.85. The van der Waals surface area contributed by atoms with E-state index >= 15 is 0 Å². The number of rotatable bonds is 7. The van der Waals surface area contributed by atoms with Crippen LogP contribution < -0.4 is 31.0 Å². The van der Waals surface area contributed by atoms with Crippen molar-refractivity contribution in [3.8, 4) is 11.5 Å². The van der Waals surface area contributed by atoms with Crippen LogP contribution in [-0.4, -0.2) is 5.11 Å². The van der Waals surface area contributed by atoms with Gasteiger partial charge in [0.25, 0.3) is 0 Å². The second-order valence-electron chi connectivity index (χ2n) is 8.24. The average Bonchev–Trinajstić information content (AvgIpc) is 2.95. The van der Waals surface area contributed by atoms with Gasteiger partial charge in [-0.3, -0.25) is 4.57 Å². The van der Waals surface area contributed by atoms with Gasteiger partial charge in [0, 0.05) is 10.6 Å². The number of phenolic OH excluding ortho intramolecular Hbond substituents is 1. The molecule has 0 aliphatic rings. The summed E-state index contributed by atoms with van der Waals surface area (Å²) in [4.78, 5) is 0. The minimum Gasteiger partial charge on any atom is -0.507 e. The van der Waals surface area contributed by atoms with Gasteiger partial charge in [-0.05, 0) is 42.5 Å². The topological polar surface area (TPSA) is 63.6 Å². The quantitative estimate of drug-likeness (QED) is 0.300. The molecule has 0 unspecified atom stereocenters. The Bertz CT molecular complexity index is 1470. The van der Waals surface area contributed by atoms with Gasteiger partial charge in [0.05, 0.1) is 15.9 Å². The zero-order valence-electron chi connectivity index (χ0n) is 19.3. The van der Waals surface area contributed by atoms with E-state index in [0.717, 1.165) is 0 Å². The maximum atomic E-state index is 14.8. The Morgan fingerprint density at radius 1 is 0.500 bits per heavy atom. The van der Waals surface area contributed by atoms with Gasteiger partial charge in [0.15, 0.2) is 7.14 Å². The third-order valence-corrected chi connectivity index (χ3v) is 11.5. The third-order valence-electron chi connectivity index (χ3n) is 5.95. The molecular formula is C30H24O4P2. The Hall–Kier alpha value is -3.84. The summed E-state index contributed by atoms with van der Waals surface area (Å²) in [6.07, 6.45) is 0. The van der Waals surface area contributed by atoms with Crippen LogP contribution in [-0.2, 0) is 9.13 Å². The van der Waals surface area contributed by atoms with Crippen LogP contribution in [0.25, 0.3) is 0 Å². The lowest BCUT2D eigenvalue weighted by Gasteiger charge is -2.24. The van der Waals surface area contributed by atoms with E-state index in [2.05, 4.69) is 0 Å². The Kier molecular flexibility index (Phi) is 6.65. The summed E-state index contributed by atoms with van der Waals surface area (Å²) in [6, 6.07) is 40.8. The fourth-order valence-electron chi connectivity index (χ4n) is 4.17. The van der Waals surface area contributed by atoms with Crippen molar-refractivity contribution in [2.75, 3.05) is 0 Å². The lowest BCUT2D eigenvalue weighted by atomic mass is 10.3. The molecule has 0 saturated carbocycles. The van der Waals surface area contributed by atoms with Gasteiger partial charge in [-0.25, -0.2) is 0 Å². The van der Waals surface area contributed by atoms with Crippen LogP contribution in [0.2, 0.25) is 0 Å². The van der Waals surface area contributed by atoms with Crippen LogP contribution in [0.5, 0.6) is 11.5 Å². The van der Waals surface area contributed by atoms with Crippen molar-refractivity contribution in [3.05, 3.63) is 140 Å². The third kappa shape index (κ3) is 4.42. The summed E-state index contributed by atoms with van der Waals surface area (Å²) in [5.74, 6) is 0.138. The fraction of sp³-hybridized carbons (Fsp3) is 0. The Morgan fingerprint density at radius 3 is 1.31 bits per heavy atom. The van der Waals surface area contributed by atoms with Crippen molar-refractivity contribution in [2.24, 2.45) is 0 Å². The largest absolute Gasteiger partial charge is 0.507 e. The van der Waals surface area contributed by atoms with Crippen molar-refractivity contribution >= 4 is 41.0 Å². The van der Waals surface area contributed by atoms with Crippen LogP contribution in [0.3, 0.4) is 0 Å². The van der Waals surface area contributed by atoms with E-state index < -0.39 is 14.5 Å². The summed E-state index contributed by atoms with van der Waals surface area (Å²) in [5.41, 5.74) is 0. The van der Waals surface area contributed by atoms with Gasteiger partial charge in [-0.2, -0.15) is 0 Å². The lowest BCUT2D eigenvalue weighted by molar-refractivity contribution is 0.475. The maximum absolute atomic E-state index is 14.8. The minimum absolute atomic E-state index is 0.118. The highest BCUT2D eigenvalue weighted by atomic mass is 31.2. The molecule has 1 N–H and O–H groups in total. The molecule has 0 spiro atoms. The van der Waals surface area contributed by atoms with Crippen molar-refractivity contribution < 1.29 is 18.8 Å². The smallest absolute Gasteiger partial charge is 0.306 e. The molecule has 0 fully saturated rings. The van der Waals surface area contributed by atoms with E-state index in [1.54, 1.807) is 60.7 Å². The summed E-state index contributed by atoms with van der Waals surface area (Å²) in [5, 5.41) is 13.4. The molecule has 0 aliphatic heterocycles. The standard InChI is InChI=1S/C30H24O4P2/c31-29-22-21-24(34-36(33,27-17-9-3-10-18-27)28-19-11-4-12-20-28)23-30(29)35(32,25-13-5-1-6-14-25)26-15-7-2-8-16-26/h1-23,31H. The molecule has 0 amide bonds. The first kappa shape index (κ1) is 23.9. The number of aromatic hydroxyl groups is 1. The molecule has 5 aromatic rings. The van der Waals surface area contributed by atoms with E-state index in [-0.39, 0.29) is 16.8 Å². The zero-order valence-corrected chi connectivity index (χ0v) is 21.1. The van der Waals surface area contributed by atoms with Crippen molar-refractivity contribution in [1.29, 1.82) is 0 Å². The average molecular weight is 510 g/mol.